The van der Waals surface area contributed by atoms with Gasteiger partial charge in [0.05, 0.1) is 17.4 Å². The van der Waals surface area contributed by atoms with E-state index in [-0.39, 0.29) is 22.9 Å². The minimum Gasteiger partial charge on any atom is -0.322 e. The molecule has 6 nitrogen and oxygen atoms in total. The second kappa shape index (κ2) is 6.57. The predicted octanol–water partition coefficient (Wildman–Crippen LogP) is 2.87. The summed E-state index contributed by atoms with van der Waals surface area (Å²) in [7, 11) is -3.70. The van der Waals surface area contributed by atoms with Crippen LogP contribution in [0.1, 0.15) is 28.4 Å². The van der Waals surface area contributed by atoms with Crippen LogP contribution >= 0.6 is 0 Å². The molecule has 0 spiro atoms. The van der Waals surface area contributed by atoms with E-state index in [4.69, 9.17) is 0 Å². The van der Waals surface area contributed by atoms with Gasteiger partial charge >= 0.3 is 0 Å². The summed E-state index contributed by atoms with van der Waals surface area (Å²) in [6, 6.07) is 11.8. The number of aryl methyl sites for hydroxylation is 2. The molecule has 1 N–H and O–H groups in total. The Morgan fingerprint density at radius 2 is 1.88 bits per heavy atom. The summed E-state index contributed by atoms with van der Waals surface area (Å²) in [5.74, 6) is -1.65. The third-order valence-electron chi connectivity index (χ3n) is 4.33. The third-order valence-corrected chi connectivity index (χ3v) is 6.20. The second-order valence-electron chi connectivity index (χ2n) is 6.61. The number of sulfonamides is 1. The van der Waals surface area contributed by atoms with Crippen LogP contribution in [0, 0.1) is 19.8 Å². The van der Waals surface area contributed by atoms with Crippen molar-refractivity contribution in [3.05, 3.63) is 59.2 Å². The lowest BCUT2D eigenvalue weighted by Gasteiger charge is -2.16. The van der Waals surface area contributed by atoms with Crippen molar-refractivity contribution in [2.75, 3.05) is 15.4 Å². The van der Waals surface area contributed by atoms with E-state index in [2.05, 4.69) is 5.32 Å². The number of anilines is 2. The summed E-state index contributed by atoms with van der Waals surface area (Å²) < 4.78 is 25.3. The van der Waals surface area contributed by atoms with Crippen LogP contribution in [-0.2, 0) is 14.8 Å². The average Bonchev–Trinajstić information content (AvgIpc) is 2.77. The largest absolute Gasteiger partial charge is 0.322 e. The third kappa shape index (κ3) is 3.35. The zero-order chi connectivity index (χ0) is 19.1. The van der Waals surface area contributed by atoms with Crippen LogP contribution in [0.4, 0.5) is 11.4 Å². The molecule has 1 atom stereocenters. The fourth-order valence-electron chi connectivity index (χ4n) is 3.01. The maximum atomic E-state index is 12.6. The lowest BCUT2D eigenvalue weighted by Crippen LogP contribution is -2.30. The molecular weight excluding hydrogens is 352 g/mol. The standard InChI is InChI=1S/C19H20N2O4S/c1-12-7-8-17(13(2)9-12)20-18(22)15-5-4-6-16(10-15)21-19(23)14(3)11-26(21,24)25/h4-10,14H,11H2,1-3H3,(H,20,22)/t14-/m1/s1. The first-order chi connectivity index (χ1) is 12.2. The molecule has 7 heteroatoms. The number of carbonyl (C=O) groups excluding carboxylic acids is 2. The highest BCUT2D eigenvalue weighted by Gasteiger charge is 2.42. The Morgan fingerprint density at radius 1 is 1.15 bits per heavy atom. The highest BCUT2D eigenvalue weighted by molar-refractivity contribution is 7.94. The van der Waals surface area contributed by atoms with E-state index in [1.165, 1.54) is 12.1 Å². The lowest BCUT2D eigenvalue weighted by molar-refractivity contribution is -0.119. The number of carbonyl (C=O) groups is 2. The molecule has 1 aliphatic heterocycles. The first-order valence-electron chi connectivity index (χ1n) is 8.24. The average molecular weight is 372 g/mol. The molecular formula is C19H20N2O4S. The van der Waals surface area contributed by atoms with Crippen molar-refractivity contribution in [3.8, 4) is 0 Å². The smallest absolute Gasteiger partial charge is 0.255 e. The van der Waals surface area contributed by atoms with E-state index < -0.39 is 21.8 Å². The number of nitrogens with zero attached hydrogens (tertiary/aromatic N) is 1. The Morgan fingerprint density at radius 3 is 2.50 bits per heavy atom. The van der Waals surface area contributed by atoms with Gasteiger partial charge in [-0.3, -0.25) is 9.59 Å². The van der Waals surface area contributed by atoms with Gasteiger partial charge in [-0.1, -0.05) is 30.7 Å². The number of amides is 2. The van der Waals surface area contributed by atoms with E-state index >= 15 is 0 Å². The molecule has 136 valence electrons. The molecule has 0 bridgehead atoms. The molecule has 0 radical (unpaired) electrons. The van der Waals surface area contributed by atoms with Gasteiger partial charge in [-0.2, -0.15) is 0 Å². The molecule has 1 saturated heterocycles. The highest BCUT2D eigenvalue weighted by Crippen LogP contribution is 2.29. The van der Waals surface area contributed by atoms with Crippen LogP contribution in [0.2, 0.25) is 0 Å². The molecule has 26 heavy (non-hydrogen) atoms. The van der Waals surface area contributed by atoms with Gasteiger partial charge in [0.25, 0.3) is 5.91 Å². The Balaban J connectivity index is 1.90. The number of nitrogens with one attached hydrogen (secondary N) is 1. The minimum atomic E-state index is -3.70. The minimum absolute atomic E-state index is 0.188. The number of hydrogen-bond acceptors (Lipinski definition) is 4. The van der Waals surface area contributed by atoms with Crippen molar-refractivity contribution in [1.29, 1.82) is 0 Å². The number of hydrogen-bond donors (Lipinski definition) is 1. The molecule has 0 saturated carbocycles. The zero-order valence-electron chi connectivity index (χ0n) is 14.8. The molecule has 1 aliphatic rings. The highest BCUT2D eigenvalue weighted by atomic mass is 32.2. The molecule has 0 unspecified atom stereocenters. The fraction of sp³-hybridized carbons (Fsp3) is 0.263. The number of benzene rings is 2. The number of rotatable bonds is 3. The predicted molar refractivity (Wildman–Crippen MR) is 101 cm³/mol. The van der Waals surface area contributed by atoms with Crippen LogP contribution in [0.5, 0.6) is 0 Å². The maximum Gasteiger partial charge on any atom is 0.255 e. The molecule has 2 aromatic carbocycles. The van der Waals surface area contributed by atoms with Crippen LogP contribution < -0.4 is 9.62 Å². The molecule has 2 aromatic rings. The van der Waals surface area contributed by atoms with Crippen LogP contribution in [0.3, 0.4) is 0 Å². The van der Waals surface area contributed by atoms with Gasteiger partial charge in [0, 0.05) is 11.3 Å². The Kier molecular flexibility index (Phi) is 4.58. The van der Waals surface area contributed by atoms with Gasteiger partial charge in [-0.05, 0) is 43.7 Å². The summed E-state index contributed by atoms with van der Waals surface area (Å²) in [4.78, 5) is 24.8. The van der Waals surface area contributed by atoms with Crippen molar-refractivity contribution in [2.24, 2.45) is 5.92 Å². The Bertz CT molecular complexity index is 998. The summed E-state index contributed by atoms with van der Waals surface area (Å²) >= 11 is 0. The van der Waals surface area contributed by atoms with E-state index in [1.54, 1.807) is 19.1 Å². The summed E-state index contributed by atoms with van der Waals surface area (Å²) in [6.07, 6.45) is 0. The van der Waals surface area contributed by atoms with Crippen molar-refractivity contribution in [2.45, 2.75) is 20.8 Å². The maximum absolute atomic E-state index is 12.6. The van der Waals surface area contributed by atoms with Crippen molar-refractivity contribution in [3.63, 3.8) is 0 Å². The van der Waals surface area contributed by atoms with Crippen molar-refractivity contribution < 1.29 is 18.0 Å². The summed E-state index contributed by atoms with van der Waals surface area (Å²) in [6.45, 7) is 5.45. The Labute approximate surface area is 152 Å². The normalized spacial score (nSPS) is 18.8. The van der Waals surface area contributed by atoms with Gasteiger partial charge in [0.2, 0.25) is 15.9 Å². The first-order valence-corrected chi connectivity index (χ1v) is 9.85. The molecule has 0 aliphatic carbocycles. The van der Waals surface area contributed by atoms with Gasteiger partial charge < -0.3 is 5.32 Å². The summed E-state index contributed by atoms with van der Waals surface area (Å²) in [5, 5.41) is 2.82. The molecule has 3 rings (SSSR count). The van der Waals surface area contributed by atoms with Crippen molar-refractivity contribution >= 4 is 33.2 Å². The van der Waals surface area contributed by atoms with Crippen LogP contribution in [-0.4, -0.2) is 26.0 Å². The zero-order valence-corrected chi connectivity index (χ0v) is 15.6. The van der Waals surface area contributed by atoms with E-state index in [0.717, 1.165) is 15.4 Å². The topological polar surface area (TPSA) is 83.6 Å². The molecule has 1 fully saturated rings. The second-order valence-corrected chi connectivity index (χ2v) is 8.47. The summed E-state index contributed by atoms with van der Waals surface area (Å²) in [5.41, 5.74) is 3.18. The van der Waals surface area contributed by atoms with E-state index in [1.807, 2.05) is 32.0 Å². The monoisotopic (exact) mass is 372 g/mol. The lowest BCUT2D eigenvalue weighted by atomic mass is 10.1. The molecule has 1 heterocycles. The van der Waals surface area contributed by atoms with E-state index in [9.17, 15) is 18.0 Å². The van der Waals surface area contributed by atoms with Crippen molar-refractivity contribution in [1.82, 2.24) is 0 Å². The van der Waals surface area contributed by atoms with Crippen LogP contribution in [0.25, 0.3) is 0 Å². The molecule has 0 aromatic heterocycles. The SMILES string of the molecule is Cc1ccc(NC(=O)c2cccc(N3C(=O)[C@H](C)CS3(=O)=O)c2)c(C)c1. The van der Waals surface area contributed by atoms with Gasteiger partial charge in [-0.15, -0.1) is 0 Å². The quantitative estimate of drug-likeness (QED) is 0.898. The first kappa shape index (κ1) is 18.1. The fourth-order valence-corrected chi connectivity index (χ4v) is 4.82. The van der Waals surface area contributed by atoms with Crippen LogP contribution in [0.15, 0.2) is 42.5 Å². The van der Waals surface area contributed by atoms with Gasteiger partial charge in [0.1, 0.15) is 0 Å². The van der Waals surface area contributed by atoms with E-state index in [0.29, 0.717) is 5.69 Å². The Hall–Kier alpha value is -2.67. The van der Waals surface area contributed by atoms with Gasteiger partial charge in [-0.25, -0.2) is 12.7 Å². The molecule has 2 amide bonds. The van der Waals surface area contributed by atoms with Gasteiger partial charge in [0.15, 0.2) is 0 Å².